The summed E-state index contributed by atoms with van der Waals surface area (Å²) in [5.74, 6) is 0.712. The first kappa shape index (κ1) is 17.4. The van der Waals surface area contributed by atoms with Crippen molar-refractivity contribution >= 4 is 26.4 Å². The maximum atomic E-state index is 12.7. The standard InChI is InChI=1S/C20H21N5O2S/c26-28(27,16-4-2-1-3-5-16)12-14-6-8-15(9-7-14)18-19-17-10-11-21-20(17)22-13-25(19)24-23-18/h1-5,10-11,13-15,21H,6-9,12H2/t14-,15-. The van der Waals surface area contributed by atoms with Crippen LogP contribution in [0.2, 0.25) is 0 Å². The smallest absolute Gasteiger partial charge is 0.178 e. The second-order valence-electron chi connectivity index (χ2n) is 7.56. The van der Waals surface area contributed by atoms with Crippen molar-refractivity contribution in [2.45, 2.75) is 36.5 Å². The average molecular weight is 395 g/mol. The summed E-state index contributed by atoms with van der Waals surface area (Å²) < 4.78 is 27.1. The Morgan fingerprint density at radius 1 is 1.07 bits per heavy atom. The summed E-state index contributed by atoms with van der Waals surface area (Å²) in [6.45, 7) is 0. The molecular weight excluding hydrogens is 374 g/mol. The van der Waals surface area contributed by atoms with Gasteiger partial charge in [0, 0.05) is 17.5 Å². The highest BCUT2D eigenvalue weighted by Crippen LogP contribution is 2.38. The third kappa shape index (κ3) is 2.97. The van der Waals surface area contributed by atoms with Crippen molar-refractivity contribution in [2.75, 3.05) is 5.75 Å². The highest BCUT2D eigenvalue weighted by molar-refractivity contribution is 7.91. The number of hydrogen-bond donors (Lipinski definition) is 1. The van der Waals surface area contributed by atoms with Gasteiger partial charge in [0.25, 0.3) is 0 Å². The Kier molecular flexibility index (Phi) is 4.16. The highest BCUT2D eigenvalue weighted by Gasteiger charge is 2.29. The first-order valence-electron chi connectivity index (χ1n) is 9.56. The van der Waals surface area contributed by atoms with Crippen LogP contribution in [0.4, 0.5) is 0 Å². The van der Waals surface area contributed by atoms with E-state index in [1.165, 1.54) is 0 Å². The molecule has 0 spiro atoms. The number of sulfone groups is 1. The van der Waals surface area contributed by atoms with Gasteiger partial charge in [-0.2, -0.15) is 0 Å². The predicted octanol–water partition coefficient (Wildman–Crippen LogP) is 3.35. The van der Waals surface area contributed by atoms with E-state index in [4.69, 9.17) is 0 Å². The Hall–Kier alpha value is -2.74. The second-order valence-corrected chi connectivity index (χ2v) is 9.60. The van der Waals surface area contributed by atoms with Crippen molar-refractivity contribution in [3.8, 4) is 0 Å². The molecule has 1 aliphatic rings. The minimum atomic E-state index is -3.23. The van der Waals surface area contributed by atoms with E-state index < -0.39 is 9.84 Å². The van der Waals surface area contributed by atoms with E-state index in [-0.39, 0.29) is 11.7 Å². The molecule has 0 radical (unpaired) electrons. The molecule has 0 atom stereocenters. The Morgan fingerprint density at radius 2 is 1.86 bits per heavy atom. The quantitative estimate of drug-likeness (QED) is 0.572. The number of nitrogens with one attached hydrogen (secondary N) is 1. The van der Waals surface area contributed by atoms with Gasteiger partial charge in [0.05, 0.1) is 16.3 Å². The fourth-order valence-electron chi connectivity index (χ4n) is 4.33. The molecule has 1 saturated carbocycles. The molecule has 8 heteroatoms. The number of aromatic amines is 1. The van der Waals surface area contributed by atoms with Gasteiger partial charge in [-0.1, -0.05) is 23.4 Å². The molecule has 0 unspecified atom stereocenters. The Morgan fingerprint density at radius 3 is 2.64 bits per heavy atom. The third-order valence-corrected chi connectivity index (χ3v) is 7.69. The number of H-pyrrole nitrogens is 1. The molecule has 0 amide bonds. The van der Waals surface area contributed by atoms with Crippen molar-refractivity contribution in [1.82, 2.24) is 24.8 Å². The number of nitrogens with zero attached hydrogens (tertiary/aromatic N) is 4. The lowest BCUT2D eigenvalue weighted by molar-refractivity contribution is 0.345. The van der Waals surface area contributed by atoms with E-state index in [1.54, 1.807) is 35.1 Å². The van der Waals surface area contributed by atoms with E-state index >= 15 is 0 Å². The van der Waals surface area contributed by atoms with Crippen LogP contribution >= 0.6 is 0 Å². The topological polar surface area (TPSA) is 93.0 Å². The number of fused-ring (bicyclic) bond motifs is 3. The largest absolute Gasteiger partial charge is 0.346 e. The molecule has 144 valence electrons. The van der Waals surface area contributed by atoms with Crippen LogP contribution in [-0.2, 0) is 9.84 Å². The Balaban J connectivity index is 1.34. The van der Waals surface area contributed by atoms with Crippen molar-refractivity contribution in [3.63, 3.8) is 0 Å². The first-order valence-corrected chi connectivity index (χ1v) is 11.2. The first-order chi connectivity index (χ1) is 13.6. The molecule has 1 fully saturated rings. The van der Waals surface area contributed by atoms with Gasteiger partial charge in [-0.05, 0) is 49.8 Å². The molecule has 0 bridgehead atoms. The minimum absolute atomic E-state index is 0.192. The number of rotatable bonds is 4. The molecule has 7 nitrogen and oxygen atoms in total. The fourth-order valence-corrected chi connectivity index (χ4v) is 6.05. The molecule has 1 N–H and O–H groups in total. The molecule has 4 aromatic rings. The van der Waals surface area contributed by atoms with Crippen LogP contribution < -0.4 is 0 Å². The van der Waals surface area contributed by atoms with Gasteiger partial charge in [-0.15, -0.1) is 5.10 Å². The maximum absolute atomic E-state index is 12.7. The zero-order valence-electron chi connectivity index (χ0n) is 15.3. The summed E-state index contributed by atoms with van der Waals surface area (Å²) in [4.78, 5) is 7.90. The summed E-state index contributed by atoms with van der Waals surface area (Å²) in [5.41, 5.74) is 2.83. The molecule has 0 aliphatic heterocycles. The molecule has 3 aromatic heterocycles. The Labute approximate surface area is 162 Å². The monoisotopic (exact) mass is 395 g/mol. The van der Waals surface area contributed by atoms with E-state index in [1.807, 2.05) is 18.3 Å². The van der Waals surface area contributed by atoms with Gasteiger partial charge in [-0.25, -0.2) is 17.9 Å². The van der Waals surface area contributed by atoms with Crippen LogP contribution in [0.15, 0.2) is 53.8 Å². The fraction of sp³-hybridized carbons (Fsp3) is 0.350. The number of hydrogen-bond acceptors (Lipinski definition) is 5. The maximum Gasteiger partial charge on any atom is 0.178 e. The summed E-state index contributed by atoms with van der Waals surface area (Å²) in [6.07, 6.45) is 7.19. The van der Waals surface area contributed by atoms with Crippen LogP contribution in [0.25, 0.3) is 16.6 Å². The summed E-state index contributed by atoms with van der Waals surface area (Å²) in [7, 11) is -3.23. The zero-order valence-corrected chi connectivity index (χ0v) is 16.1. The van der Waals surface area contributed by atoms with Crippen LogP contribution in [0, 0.1) is 5.92 Å². The van der Waals surface area contributed by atoms with Gasteiger partial charge in [-0.3, -0.25) is 0 Å². The van der Waals surface area contributed by atoms with E-state index in [0.717, 1.165) is 47.9 Å². The van der Waals surface area contributed by atoms with Crippen molar-refractivity contribution in [2.24, 2.45) is 5.92 Å². The van der Waals surface area contributed by atoms with Crippen molar-refractivity contribution in [1.29, 1.82) is 0 Å². The average Bonchev–Trinajstić information content (AvgIpc) is 3.35. The van der Waals surface area contributed by atoms with Gasteiger partial charge < -0.3 is 4.98 Å². The van der Waals surface area contributed by atoms with Crippen LogP contribution in [0.1, 0.15) is 37.3 Å². The lowest BCUT2D eigenvalue weighted by Crippen LogP contribution is -2.22. The van der Waals surface area contributed by atoms with Crippen LogP contribution in [0.5, 0.6) is 0 Å². The molecule has 28 heavy (non-hydrogen) atoms. The lowest BCUT2D eigenvalue weighted by atomic mass is 9.81. The lowest BCUT2D eigenvalue weighted by Gasteiger charge is -2.27. The molecule has 5 rings (SSSR count). The van der Waals surface area contributed by atoms with E-state index in [2.05, 4.69) is 20.3 Å². The van der Waals surface area contributed by atoms with Crippen LogP contribution in [-0.4, -0.2) is 39.0 Å². The third-order valence-electron chi connectivity index (χ3n) is 5.79. The van der Waals surface area contributed by atoms with Gasteiger partial charge in [0.2, 0.25) is 0 Å². The van der Waals surface area contributed by atoms with Crippen LogP contribution in [0.3, 0.4) is 0 Å². The molecule has 0 saturated heterocycles. The molecular formula is C20H21N5O2S. The van der Waals surface area contributed by atoms with Crippen molar-refractivity contribution < 1.29 is 8.42 Å². The second kappa shape index (κ2) is 6.70. The normalized spacial score (nSPS) is 20.7. The van der Waals surface area contributed by atoms with Gasteiger partial charge in [0.15, 0.2) is 9.84 Å². The predicted molar refractivity (Wildman–Crippen MR) is 106 cm³/mol. The Bertz CT molecular complexity index is 1220. The van der Waals surface area contributed by atoms with Gasteiger partial charge in [0.1, 0.15) is 17.5 Å². The summed E-state index contributed by atoms with van der Waals surface area (Å²) >= 11 is 0. The molecule has 1 aliphatic carbocycles. The zero-order chi connectivity index (χ0) is 19.1. The highest BCUT2D eigenvalue weighted by atomic mass is 32.2. The molecule has 3 heterocycles. The summed E-state index contributed by atoms with van der Waals surface area (Å²) in [6, 6.07) is 10.8. The summed E-state index contributed by atoms with van der Waals surface area (Å²) in [5, 5.41) is 9.70. The number of benzene rings is 1. The number of aromatic nitrogens is 5. The van der Waals surface area contributed by atoms with Crippen molar-refractivity contribution in [3.05, 3.63) is 54.6 Å². The van der Waals surface area contributed by atoms with E-state index in [9.17, 15) is 8.42 Å². The molecule has 1 aromatic carbocycles. The van der Waals surface area contributed by atoms with E-state index in [0.29, 0.717) is 10.8 Å². The minimum Gasteiger partial charge on any atom is -0.346 e. The SMILES string of the molecule is O=S(=O)(C[C@H]1CC[C@H](c2nnn3cnc4[nH]ccc4c23)CC1)c1ccccc1. The van der Waals surface area contributed by atoms with Gasteiger partial charge >= 0.3 is 0 Å².